The summed E-state index contributed by atoms with van der Waals surface area (Å²) in [6, 6.07) is 0. The van der Waals surface area contributed by atoms with Gasteiger partial charge in [0.25, 0.3) is 0 Å². The number of carboxylic acids is 2. The molecular formula is C13H22Li2O4. The molecule has 0 aromatic heterocycles. The zero-order valence-electron chi connectivity index (χ0n) is 13.0. The maximum absolute atomic E-state index is 11.1. The van der Waals surface area contributed by atoms with E-state index in [1.165, 1.54) is 0 Å². The molecule has 0 unspecified atom stereocenters. The van der Waals surface area contributed by atoms with E-state index in [9.17, 15) is 19.8 Å². The molecule has 0 spiro atoms. The molecule has 0 fully saturated rings. The van der Waals surface area contributed by atoms with E-state index < -0.39 is 23.3 Å². The van der Waals surface area contributed by atoms with Gasteiger partial charge in [-0.1, -0.05) is 52.9 Å². The van der Waals surface area contributed by atoms with Crippen LogP contribution in [0.25, 0.3) is 0 Å². The molecule has 4 nitrogen and oxygen atoms in total. The van der Waals surface area contributed by atoms with Gasteiger partial charge in [0.05, 0.1) is 17.4 Å². The van der Waals surface area contributed by atoms with E-state index in [2.05, 4.69) is 6.92 Å². The summed E-state index contributed by atoms with van der Waals surface area (Å²) in [6.07, 6.45) is 4.72. The van der Waals surface area contributed by atoms with Crippen LogP contribution in [0.5, 0.6) is 0 Å². The molecule has 0 aliphatic carbocycles. The number of hydrogen-bond donors (Lipinski definition) is 0. The minimum atomic E-state index is -1.84. The number of hydrogen-bond acceptors (Lipinski definition) is 4. The Kier molecular flexibility index (Phi) is 15.2. The Morgan fingerprint density at radius 3 is 1.68 bits per heavy atom. The number of unbranched alkanes of at least 4 members (excludes halogenated alkanes) is 4. The fourth-order valence-electron chi connectivity index (χ4n) is 2.05. The number of rotatable bonds is 9. The Balaban J connectivity index is -0.00000128. The van der Waals surface area contributed by atoms with Gasteiger partial charge < -0.3 is 19.8 Å². The molecule has 0 rings (SSSR count). The van der Waals surface area contributed by atoms with Crippen molar-refractivity contribution in [1.29, 1.82) is 0 Å². The van der Waals surface area contributed by atoms with Crippen molar-refractivity contribution in [3.05, 3.63) is 0 Å². The molecule has 0 aromatic carbocycles. The predicted molar refractivity (Wildman–Crippen MR) is 60.7 cm³/mol. The first kappa shape index (κ1) is 24.2. The normalized spacial score (nSPS) is 10.5. The summed E-state index contributed by atoms with van der Waals surface area (Å²) in [5, 5.41) is 22.2. The van der Waals surface area contributed by atoms with Crippen LogP contribution >= 0.6 is 0 Å². The van der Waals surface area contributed by atoms with Gasteiger partial charge in [0.1, 0.15) is 0 Å². The SMILES string of the molecule is CCCCCCCC(C(=O)[O-])(C(=O)[O-])C(C)C.[Li+].[Li+]. The maximum Gasteiger partial charge on any atom is 1.00 e. The van der Waals surface area contributed by atoms with Crippen LogP contribution in [0.4, 0.5) is 0 Å². The summed E-state index contributed by atoms with van der Waals surface area (Å²) < 4.78 is 0. The Morgan fingerprint density at radius 1 is 0.947 bits per heavy atom. The van der Waals surface area contributed by atoms with E-state index >= 15 is 0 Å². The fourth-order valence-corrected chi connectivity index (χ4v) is 2.05. The first-order chi connectivity index (χ1) is 7.89. The molecule has 0 bridgehead atoms. The van der Waals surface area contributed by atoms with Crippen molar-refractivity contribution in [2.24, 2.45) is 11.3 Å². The first-order valence-electron chi connectivity index (χ1n) is 6.32. The molecule has 0 saturated carbocycles. The third kappa shape index (κ3) is 6.91. The van der Waals surface area contributed by atoms with Gasteiger partial charge in [0.15, 0.2) is 0 Å². The molecular weight excluding hydrogens is 234 g/mol. The molecule has 0 N–H and O–H groups in total. The molecule has 100 valence electrons. The standard InChI is InChI=1S/C13H24O4.2Li/c1-4-5-6-7-8-9-13(10(2)3,11(14)15)12(16)17;;/h10H,4-9H2,1-3H3,(H,14,15)(H,16,17);;/q;2*+1/p-2. The van der Waals surface area contributed by atoms with Crippen LogP contribution in [0, 0.1) is 11.3 Å². The van der Waals surface area contributed by atoms with Crippen molar-refractivity contribution in [3.8, 4) is 0 Å². The van der Waals surface area contributed by atoms with Crippen LogP contribution in [-0.4, -0.2) is 11.9 Å². The Hall–Kier alpha value is 0.135. The van der Waals surface area contributed by atoms with E-state index in [0.717, 1.165) is 25.7 Å². The van der Waals surface area contributed by atoms with Crippen molar-refractivity contribution < 1.29 is 57.5 Å². The van der Waals surface area contributed by atoms with E-state index in [-0.39, 0.29) is 44.1 Å². The molecule has 0 atom stereocenters. The van der Waals surface area contributed by atoms with Crippen LogP contribution < -0.4 is 47.9 Å². The number of aliphatic carboxylic acids is 2. The first-order valence-corrected chi connectivity index (χ1v) is 6.32. The van der Waals surface area contributed by atoms with Gasteiger partial charge >= 0.3 is 37.7 Å². The van der Waals surface area contributed by atoms with Crippen molar-refractivity contribution >= 4 is 11.9 Å². The number of carbonyl (C=O) groups is 2. The van der Waals surface area contributed by atoms with Gasteiger partial charge in [0.2, 0.25) is 0 Å². The summed E-state index contributed by atoms with van der Waals surface area (Å²) in [7, 11) is 0. The van der Waals surface area contributed by atoms with E-state index in [4.69, 9.17) is 0 Å². The van der Waals surface area contributed by atoms with Gasteiger partial charge in [-0.3, -0.25) is 0 Å². The Labute approximate surface area is 140 Å². The second-order valence-electron chi connectivity index (χ2n) is 4.87. The van der Waals surface area contributed by atoms with E-state index in [1.54, 1.807) is 13.8 Å². The molecule has 6 heteroatoms. The molecule has 19 heavy (non-hydrogen) atoms. The van der Waals surface area contributed by atoms with Gasteiger partial charge in [-0.05, 0) is 12.3 Å². The van der Waals surface area contributed by atoms with Crippen molar-refractivity contribution in [1.82, 2.24) is 0 Å². The third-order valence-corrected chi connectivity index (χ3v) is 3.39. The zero-order chi connectivity index (χ0) is 13.5. The monoisotopic (exact) mass is 256 g/mol. The molecule has 0 saturated heterocycles. The molecule has 0 amide bonds. The average molecular weight is 256 g/mol. The molecule has 0 heterocycles. The second kappa shape index (κ2) is 11.9. The Bertz CT molecular complexity index is 253. The summed E-state index contributed by atoms with van der Waals surface area (Å²) in [5.41, 5.74) is -1.84. The van der Waals surface area contributed by atoms with Gasteiger partial charge in [-0.2, -0.15) is 0 Å². The third-order valence-electron chi connectivity index (χ3n) is 3.39. The Morgan fingerprint density at radius 2 is 1.37 bits per heavy atom. The van der Waals surface area contributed by atoms with Gasteiger partial charge in [-0.25, -0.2) is 0 Å². The average Bonchev–Trinajstić information content (AvgIpc) is 2.21. The molecule has 0 aliphatic heterocycles. The predicted octanol–water partition coefficient (Wildman–Crippen LogP) is -5.50. The van der Waals surface area contributed by atoms with Gasteiger partial charge in [-0.15, -0.1) is 0 Å². The maximum atomic E-state index is 11.1. The smallest absolute Gasteiger partial charge is 0.549 e. The molecule has 0 aliphatic rings. The van der Waals surface area contributed by atoms with Crippen LogP contribution in [-0.2, 0) is 9.59 Å². The molecule has 0 aromatic rings. The van der Waals surface area contributed by atoms with Crippen LogP contribution in [0.3, 0.4) is 0 Å². The summed E-state index contributed by atoms with van der Waals surface area (Å²) in [4.78, 5) is 22.2. The van der Waals surface area contributed by atoms with Crippen molar-refractivity contribution in [2.75, 3.05) is 0 Å². The number of carbonyl (C=O) groups excluding carboxylic acids is 2. The van der Waals surface area contributed by atoms with Crippen LogP contribution in [0.2, 0.25) is 0 Å². The van der Waals surface area contributed by atoms with E-state index in [1.807, 2.05) is 0 Å². The zero-order valence-corrected chi connectivity index (χ0v) is 13.0. The van der Waals surface area contributed by atoms with Gasteiger partial charge in [0, 0.05) is 0 Å². The summed E-state index contributed by atoms with van der Waals surface area (Å²) in [5.74, 6) is -3.57. The quantitative estimate of drug-likeness (QED) is 0.234. The second-order valence-corrected chi connectivity index (χ2v) is 4.87. The van der Waals surface area contributed by atoms with Crippen LogP contribution in [0.15, 0.2) is 0 Å². The minimum Gasteiger partial charge on any atom is -0.549 e. The minimum absolute atomic E-state index is 0. The van der Waals surface area contributed by atoms with Crippen molar-refractivity contribution in [2.45, 2.75) is 59.3 Å². The van der Waals surface area contributed by atoms with Crippen molar-refractivity contribution in [3.63, 3.8) is 0 Å². The summed E-state index contributed by atoms with van der Waals surface area (Å²) in [6.45, 7) is 5.25. The van der Waals surface area contributed by atoms with Crippen LogP contribution in [0.1, 0.15) is 59.3 Å². The fraction of sp³-hybridized carbons (Fsp3) is 0.846. The van der Waals surface area contributed by atoms with E-state index in [0.29, 0.717) is 6.42 Å². The molecule has 0 radical (unpaired) electrons. The largest absolute Gasteiger partial charge is 1.00 e. The summed E-state index contributed by atoms with van der Waals surface area (Å²) >= 11 is 0. The topological polar surface area (TPSA) is 80.3 Å². The number of carboxylic acid groups (broad SMARTS) is 2.